The summed E-state index contributed by atoms with van der Waals surface area (Å²) in [5.41, 5.74) is 31.4. The molecule has 0 bridgehead atoms. The Labute approximate surface area is 342 Å². The molecule has 0 aliphatic carbocycles. The lowest BCUT2D eigenvalue weighted by Crippen LogP contribution is -2.66. The van der Waals surface area contributed by atoms with Gasteiger partial charge in [-0.1, -0.05) is 103 Å². The quantitative estimate of drug-likeness (QED) is 0.149. The average molecular weight is 750 g/mol. The monoisotopic (exact) mass is 749 g/mol. The van der Waals surface area contributed by atoms with Gasteiger partial charge >= 0.3 is 0 Å². The van der Waals surface area contributed by atoms with Crippen LogP contribution >= 0.6 is 0 Å². The lowest BCUT2D eigenvalue weighted by molar-refractivity contribution is 1.11. The predicted octanol–water partition coefficient (Wildman–Crippen LogP) is 8.78. The molecule has 0 atom stereocenters. The summed E-state index contributed by atoms with van der Waals surface area (Å²) in [6.07, 6.45) is 0. The number of hydrogen-bond acceptors (Lipinski definition) is 0. The molecule has 8 aromatic carbocycles. The fourth-order valence-electron chi connectivity index (χ4n) is 13.2. The zero-order chi connectivity index (χ0) is 39.1. The molecule has 11 aromatic rings. The van der Waals surface area contributed by atoms with Crippen LogP contribution in [0.15, 0.2) is 115 Å². The van der Waals surface area contributed by atoms with E-state index in [4.69, 9.17) is 0 Å². The third-order valence-corrected chi connectivity index (χ3v) is 15.3. The highest BCUT2D eigenvalue weighted by Gasteiger charge is 2.51. The molecule has 5 heteroatoms. The van der Waals surface area contributed by atoms with Gasteiger partial charge in [0.25, 0.3) is 13.4 Å². The zero-order valence-corrected chi connectivity index (χ0v) is 34.0. The lowest BCUT2D eigenvalue weighted by Gasteiger charge is -2.42. The van der Waals surface area contributed by atoms with Crippen molar-refractivity contribution in [2.24, 2.45) is 0 Å². The Kier molecular flexibility index (Phi) is 5.27. The van der Waals surface area contributed by atoms with Crippen molar-refractivity contribution < 1.29 is 0 Å². The number of benzene rings is 8. The van der Waals surface area contributed by atoms with Crippen molar-refractivity contribution in [1.29, 1.82) is 0 Å². The first-order chi connectivity index (χ1) is 28.8. The van der Waals surface area contributed by atoms with Gasteiger partial charge in [0.05, 0.1) is 22.4 Å². The van der Waals surface area contributed by atoms with Crippen LogP contribution in [0.3, 0.4) is 0 Å². The maximum absolute atomic E-state index is 2.77. The van der Waals surface area contributed by atoms with Crippen molar-refractivity contribution in [3.8, 4) is 28.2 Å². The lowest BCUT2D eigenvalue weighted by atomic mass is 9.29. The molecule has 0 saturated carbocycles. The minimum Gasteiger partial charge on any atom is -0.311 e. The van der Waals surface area contributed by atoms with Gasteiger partial charge in [0.1, 0.15) is 0 Å². The van der Waals surface area contributed by atoms with Gasteiger partial charge in [-0.15, -0.1) is 0 Å². The summed E-state index contributed by atoms with van der Waals surface area (Å²) in [5.74, 6) is 0. The first kappa shape index (κ1) is 31.3. The van der Waals surface area contributed by atoms with Crippen molar-refractivity contribution in [3.63, 3.8) is 0 Å². The molecule has 0 N–H and O–H groups in total. The highest BCUT2D eigenvalue weighted by molar-refractivity contribution is 7.04. The van der Waals surface area contributed by atoms with Crippen molar-refractivity contribution in [1.82, 2.24) is 13.7 Å². The molecule has 7 heterocycles. The molecule has 59 heavy (non-hydrogen) atoms. The fraction of sp³-hybridized carbons (Fsp3) is 0.111. The zero-order valence-electron chi connectivity index (χ0n) is 34.0. The maximum atomic E-state index is 2.77. The highest BCUT2D eigenvalue weighted by atomic mass is 15.1. The molecule has 4 aliphatic rings. The summed E-state index contributed by atoms with van der Waals surface area (Å²) in [6, 6.07) is 44.9. The largest absolute Gasteiger partial charge is 0.311 e. The van der Waals surface area contributed by atoms with Gasteiger partial charge in [-0.25, -0.2) is 0 Å². The number of aryl methyl sites for hydroxylation is 6. The summed E-state index contributed by atoms with van der Waals surface area (Å²) in [5, 5.41) is 8.37. The van der Waals surface area contributed by atoms with Crippen LogP contribution < -0.4 is 32.8 Å². The van der Waals surface area contributed by atoms with E-state index in [1.807, 2.05) is 0 Å². The molecule has 15 rings (SSSR count). The first-order valence-electron chi connectivity index (χ1n) is 21.3. The molecule has 0 saturated heterocycles. The molecule has 0 unspecified atom stereocenters. The minimum absolute atomic E-state index is 0.0680. The van der Waals surface area contributed by atoms with E-state index in [1.54, 1.807) is 0 Å². The minimum atomic E-state index is 0.0680. The molecule has 0 amide bonds. The second-order valence-electron chi connectivity index (χ2n) is 18.2. The van der Waals surface area contributed by atoms with E-state index in [2.05, 4.69) is 171 Å². The van der Waals surface area contributed by atoms with Crippen molar-refractivity contribution in [2.75, 3.05) is 0 Å². The Morgan fingerprint density at radius 1 is 0.322 bits per heavy atom. The van der Waals surface area contributed by atoms with Crippen LogP contribution in [0.5, 0.6) is 0 Å². The third-order valence-electron chi connectivity index (χ3n) is 15.3. The Morgan fingerprint density at radius 2 is 0.695 bits per heavy atom. The van der Waals surface area contributed by atoms with E-state index in [0.29, 0.717) is 0 Å². The molecule has 0 spiro atoms. The topological polar surface area (TPSA) is 14.8 Å². The standard InChI is InChI=1S/C54H37B2N3/c1-26-12-10-16-37-39(26)41-28(3)18-22-33-48(41)57(37)52-45(32-14-8-7-9-15-32)53-47-54-46(52)55(33)35-24-20-30(5)43-44-31(6)21-25-36(51(44)59(54)50(35)43)56(47)34-23-19-29(4)42-40-27(2)13-11-17-38(40)58(53)49(34)42/h7-25H,1-6H3. The SMILES string of the molecule is Cc1cccc2c1c1c(C)ccc3c1n2-c1c2c4c5c(c1-c1ccccc1)-n1c6cccc(C)c6c6c(C)ccc(c61)B5c1ccc(C)c5c6c(C)ccc(c6n-4c15)B23. The van der Waals surface area contributed by atoms with Crippen LogP contribution in [0.2, 0.25) is 0 Å². The number of hydrogen-bond donors (Lipinski definition) is 0. The van der Waals surface area contributed by atoms with Gasteiger partial charge in [-0.3, -0.25) is 0 Å². The molecule has 0 fully saturated rings. The van der Waals surface area contributed by atoms with Crippen molar-refractivity contribution in [3.05, 3.63) is 149 Å². The van der Waals surface area contributed by atoms with Gasteiger partial charge in [-0.2, -0.15) is 0 Å². The van der Waals surface area contributed by atoms with Gasteiger partial charge < -0.3 is 13.7 Å². The summed E-state index contributed by atoms with van der Waals surface area (Å²) >= 11 is 0. The van der Waals surface area contributed by atoms with Crippen LogP contribution in [-0.2, 0) is 0 Å². The molecule has 0 radical (unpaired) electrons. The van der Waals surface area contributed by atoms with E-state index < -0.39 is 0 Å². The fourth-order valence-corrected chi connectivity index (χ4v) is 13.2. The molecule has 3 aromatic heterocycles. The van der Waals surface area contributed by atoms with E-state index in [1.165, 1.54) is 160 Å². The van der Waals surface area contributed by atoms with E-state index in [0.717, 1.165) is 0 Å². The van der Waals surface area contributed by atoms with Gasteiger partial charge in [0, 0.05) is 65.6 Å². The van der Waals surface area contributed by atoms with Crippen LogP contribution in [0.1, 0.15) is 33.4 Å². The summed E-state index contributed by atoms with van der Waals surface area (Å²) < 4.78 is 8.22. The molecule has 4 aliphatic heterocycles. The Morgan fingerprint density at radius 3 is 1.12 bits per heavy atom. The van der Waals surface area contributed by atoms with E-state index >= 15 is 0 Å². The Hall–Kier alpha value is -6.71. The molecule has 3 nitrogen and oxygen atoms in total. The summed E-state index contributed by atoms with van der Waals surface area (Å²) in [6.45, 7) is 14.1. The van der Waals surface area contributed by atoms with Gasteiger partial charge in [0.15, 0.2) is 0 Å². The van der Waals surface area contributed by atoms with E-state index in [9.17, 15) is 0 Å². The molecule has 274 valence electrons. The maximum Gasteiger partial charge on any atom is 0.252 e. The highest BCUT2D eigenvalue weighted by Crippen LogP contribution is 2.49. The van der Waals surface area contributed by atoms with Crippen LogP contribution in [0.4, 0.5) is 0 Å². The number of rotatable bonds is 1. The number of aromatic nitrogens is 3. The Bertz CT molecular complexity index is 3680. The van der Waals surface area contributed by atoms with Crippen LogP contribution in [0.25, 0.3) is 93.6 Å². The van der Waals surface area contributed by atoms with Crippen LogP contribution in [-0.4, -0.2) is 27.1 Å². The third kappa shape index (κ3) is 3.20. The van der Waals surface area contributed by atoms with Crippen LogP contribution in [0, 0.1) is 41.5 Å². The van der Waals surface area contributed by atoms with Crippen molar-refractivity contribution in [2.45, 2.75) is 41.5 Å². The van der Waals surface area contributed by atoms with Gasteiger partial charge in [0.2, 0.25) is 0 Å². The smallest absolute Gasteiger partial charge is 0.252 e. The number of fused-ring (bicyclic) bond motifs is 13. The Balaban J connectivity index is 1.33. The second kappa shape index (κ2) is 9.93. The van der Waals surface area contributed by atoms with Crippen molar-refractivity contribution >= 4 is 112 Å². The first-order valence-corrected chi connectivity index (χ1v) is 21.3. The second-order valence-corrected chi connectivity index (χ2v) is 18.2. The normalized spacial score (nSPS) is 13.9. The predicted molar refractivity (Wildman–Crippen MR) is 253 cm³/mol. The molecular weight excluding hydrogens is 712 g/mol. The van der Waals surface area contributed by atoms with Gasteiger partial charge in [-0.05, 0) is 125 Å². The average Bonchev–Trinajstić information content (AvgIpc) is 3.92. The van der Waals surface area contributed by atoms with E-state index in [-0.39, 0.29) is 13.4 Å². The molecular formula is C54H37B2N3. The summed E-state index contributed by atoms with van der Waals surface area (Å²) in [4.78, 5) is 0. The summed E-state index contributed by atoms with van der Waals surface area (Å²) in [7, 11) is 0. The number of nitrogens with zero attached hydrogens (tertiary/aromatic N) is 3.